The van der Waals surface area contributed by atoms with Gasteiger partial charge in [0.05, 0.1) is 12.3 Å². The van der Waals surface area contributed by atoms with Crippen molar-refractivity contribution in [1.82, 2.24) is 15.1 Å². The van der Waals surface area contributed by atoms with Crippen LogP contribution in [0.2, 0.25) is 0 Å². The fraction of sp³-hybridized carbons (Fsp3) is 0.923. The van der Waals surface area contributed by atoms with Crippen LogP contribution in [0.5, 0.6) is 0 Å². The maximum Gasteiger partial charge on any atom is 0.401 e. The number of amides is 1. The Morgan fingerprint density at radius 3 is 2.33 bits per heavy atom. The fourth-order valence-corrected chi connectivity index (χ4v) is 3.78. The molecule has 0 bridgehead atoms. The van der Waals surface area contributed by atoms with Gasteiger partial charge in [0, 0.05) is 31.4 Å². The van der Waals surface area contributed by atoms with E-state index in [0.29, 0.717) is 37.2 Å². The van der Waals surface area contributed by atoms with Gasteiger partial charge >= 0.3 is 6.18 Å². The van der Waals surface area contributed by atoms with Gasteiger partial charge in [-0.05, 0) is 25.9 Å². The Labute approximate surface area is 127 Å². The zero-order chi connectivity index (χ0) is 15.3. The average molecular weight is 325 g/mol. The Hall–Kier alpha value is -0.470. The van der Waals surface area contributed by atoms with Crippen LogP contribution in [0.1, 0.15) is 12.8 Å². The standard InChI is InChI=1S/C13H22F3N3OS/c14-13(15,16)10-18-5-7-19(8-6-18)12(20)9-21-11-1-3-17-4-2-11/h11,17H,1-10H2. The molecular formula is C13H22F3N3OS. The van der Waals surface area contributed by atoms with E-state index in [-0.39, 0.29) is 5.91 Å². The summed E-state index contributed by atoms with van der Waals surface area (Å²) < 4.78 is 36.9. The number of piperidine rings is 1. The van der Waals surface area contributed by atoms with E-state index in [9.17, 15) is 18.0 Å². The second-order valence-electron chi connectivity index (χ2n) is 5.53. The molecule has 122 valence electrons. The first-order chi connectivity index (χ1) is 9.94. The number of nitrogens with one attached hydrogen (secondary N) is 1. The smallest absolute Gasteiger partial charge is 0.339 e. The molecule has 2 aliphatic rings. The van der Waals surface area contributed by atoms with Crippen LogP contribution in [0.25, 0.3) is 0 Å². The van der Waals surface area contributed by atoms with Crippen LogP contribution in [-0.2, 0) is 4.79 Å². The van der Waals surface area contributed by atoms with Crippen molar-refractivity contribution in [1.29, 1.82) is 0 Å². The Balaban J connectivity index is 1.65. The van der Waals surface area contributed by atoms with E-state index in [2.05, 4.69) is 5.32 Å². The maximum atomic E-state index is 12.3. The van der Waals surface area contributed by atoms with Gasteiger partial charge in [0.2, 0.25) is 5.91 Å². The molecule has 2 fully saturated rings. The molecule has 0 aromatic carbocycles. The number of carbonyl (C=O) groups excluding carboxylic acids is 1. The van der Waals surface area contributed by atoms with Gasteiger partial charge in [-0.2, -0.15) is 13.2 Å². The topological polar surface area (TPSA) is 35.6 Å². The molecule has 0 spiro atoms. The molecule has 0 aromatic rings. The van der Waals surface area contributed by atoms with E-state index >= 15 is 0 Å². The lowest BCUT2D eigenvalue weighted by Gasteiger charge is -2.35. The number of thioether (sulfide) groups is 1. The van der Waals surface area contributed by atoms with Crippen LogP contribution in [-0.4, -0.2) is 78.7 Å². The van der Waals surface area contributed by atoms with Gasteiger partial charge < -0.3 is 10.2 Å². The summed E-state index contributed by atoms with van der Waals surface area (Å²) in [5.41, 5.74) is 0. The average Bonchev–Trinajstić information content (AvgIpc) is 2.45. The third-order valence-corrected chi connectivity index (χ3v) is 5.21. The molecule has 2 aliphatic heterocycles. The summed E-state index contributed by atoms with van der Waals surface area (Å²) in [6, 6.07) is 0. The molecule has 2 saturated heterocycles. The van der Waals surface area contributed by atoms with Crippen LogP contribution < -0.4 is 5.32 Å². The lowest BCUT2D eigenvalue weighted by molar-refractivity contribution is -0.151. The van der Waals surface area contributed by atoms with Crippen LogP contribution in [0.3, 0.4) is 0 Å². The van der Waals surface area contributed by atoms with Crippen LogP contribution in [0, 0.1) is 0 Å². The quantitative estimate of drug-likeness (QED) is 0.842. The molecule has 1 amide bonds. The van der Waals surface area contributed by atoms with Crippen LogP contribution in [0.4, 0.5) is 13.2 Å². The number of hydrogen-bond acceptors (Lipinski definition) is 4. The normalized spacial score (nSPS) is 22.5. The predicted molar refractivity (Wildman–Crippen MR) is 77.4 cm³/mol. The van der Waals surface area contributed by atoms with Crippen molar-refractivity contribution < 1.29 is 18.0 Å². The molecule has 0 saturated carbocycles. The van der Waals surface area contributed by atoms with E-state index in [4.69, 9.17) is 0 Å². The Kier molecular flexibility index (Phi) is 6.19. The summed E-state index contributed by atoms with van der Waals surface area (Å²) in [6.07, 6.45) is -1.99. The van der Waals surface area contributed by atoms with E-state index in [1.54, 1.807) is 16.7 Å². The van der Waals surface area contributed by atoms with E-state index in [1.807, 2.05) is 0 Å². The van der Waals surface area contributed by atoms with Crippen molar-refractivity contribution in [3.8, 4) is 0 Å². The van der Waals surface area contributed by atoms with Gasteiger partial charge in [0.15, 0.2) is 0 Å². The summed E-state index contributed by atoms with van der Waals surface area (Å²) in [4.78, 5) is 15.1. The number of carbonyl (C=O) groups is 1. The molecule has 0 atom stereocenters. The van der Waals surface area contributed by atoms with Gasteiger partial charge in [-0.15, -0.1) is 11.8 Å². The summed E-state index contributed by atoms with van der Waals surface area (Å²) in [6.45, 7) is 2.55. The van der Waals surface area contributed by atoms with E-state index in [1.165, 1.54) is 4.90 Å². The van der Waals surface area contributed by atoms with Crippen LogP contribution >= 0.6 is 11.8 Å². The van der Waals surface area contributed by atoms with Gasteiger partial charge in [-0.25, -0.2) is 0 Å². The SMILES string of the molecule is O=C(CSC1CCNCC1)N1CCN(CC(F)(F)F)CC1. The minimum atomic E-state index is -4.16. The second kappa shape index (κ2) is 7.69. The maximum absolute atomic E-state index is 12.3. The van der Waals surface area contributed by atoms with Gasteiger partial charge in [-0.3, -0.25) is 9.69 Å². The minimum absolute atomic E-state index is 0.0604. The molecule has 4 nitrogen and oxygen atoms in total. The minimum Gasteiger partial charge on any atom is -0.339 e. The number of halogens is 3. The van der Waals surface area contributed by atoms with Crippen molar-refractivity contribution in [2.75, 3.05) is 51.6 Å². The molecule has 0 radical (unpaired) electrons. The molecular weight excluding hydrogens is 303 g/mol. The molecule has 2 heterocycles. The summed E-state index contributed by atoms with van der Waals surface area (Å²) in [5, 5.41) is 3.81. The highest BCUT2D eigenvalue weighted by atomic mass is 32.2. The Morgan fingerprint density at radius 2 is 1.76 bits per heavy atom. The Bertz CT molecular complexity index is 340. The van der Waals surface area contributed by atoms with Crippen molar-refractivity contribution in [2.24, 2.45) is 0 Å². The van der Waals surface area contributed by atoms with E-state index < -0.39 is 12.7 Å². The van der Waals surface area contributed by atoms with E-state index in [0.717, 1.165) is 25.9 Å². The molecule has 0 aliphatic carbocycles. The van der Waals surface area contributed by atoms with Gasteiger partial charge in [0.1, 0.15) is 0 Å². The summed E-state index contributed by atoms with van der Waals surface area (Å²) in [5.74, 6) is 0.509. The zero-order valence-corrected chi connectivity index (χ0v) is 12.8. The van der Waals surface area contributed by atoms with Crippen LogP contribution in [0.15, 0.2) is 0 Å². The lowest BCUT2D eigenvalue weighted by atomic mass is 10.2. The first-order valence-electron chi connectivity index (χ1n) is 7.33. The Morgan fingerprint density at radius 1 is 1.14 bits per heavy atom. The zero-order valence-electron chi connectivity index (χ0n) is 12.0. The fourth-order valence-electron chi connectivity index (χ4n) is 2.65. The second-order valence-corrected chi connectivity index (χ2v) is 6.82. The molecule has 2 rings (SSSR count). The van der Waals surface area contributed by atoms with Crippen molar-refractivity contribution in [3.63, 3.8) is 0 Å². The molecule has 8 heteroatoms. The first-order valence-corrected chi connectivity index (χ1v) is 8.38. The number of alkyl halides is 3. The highest BCUT2D eigenvalue weighted by Crippen LogP contribution is 2.21. The van der Waals surface area contributed by atoms with Gasteiger partial charge in [-0.1, -0.05) is 0 Å². The third kappa shape index (κ3) is 6.04. The molecule has 21 heavy (non-hydrogen) atoms. The van der Waals surface area contributed by atoms with Crippen molar-refractivity contribution in [3.05, 3.63) is 0 Å². The third-order valence-electron chi connectivity index (χ3n) is 3.86. The predicted octanol–water partition coefficient (Wildman–Crippen LogP) is 1.18. The summed E-state index contributed by atoms with van der Waals surface area (Å²) in [7, 11) is 0. The largest absolute Gasteiger partial charge is 0.401 e. The number of piperazine rings is 1. The molecule has 1 N–H and O–H groups in total. The number of hydrogen-bond donors (Lipinski definition) is 1. The number of rotatable bonds is 4. The number of nitrogens with zero attached hydrogens (tertiary/aromatic N) is 2. The monoisotopic (exact) mass is 325 g/mol. The highest BCUT2D eigenvalue weighted by molar-refractivity contribution is 8.00. The highest BCUT2D eigenvalue weighted by Gasteiger charge is 2.32. The first kappa shape index (κ1) is 16.9. The lowest BCUT2D eigenvalue weighted by Crippen LogP contribution is -2.51. The van der Waals surface area contributed by atoms with Crippen molar-refractivity contribution in [2.45, 2.75) is 24.3 Å². The molecule has 0 unspecified atom stereocenters. The molecule has 0 aromatic heterocycles. The van der Waals surface area contributed by atoms with Crippen molar-refractivity contribution >= 4 is 17.7 Å². The summed E-state index contributed by atoms with van der Waals surface area (Å²) >= 11 is 1.69. The van der Waals surface area contributed by atoms with Gasteiger partial charge in [0.25, 0.3) is 0 Å².